The van der Waals surface area contributed by atoms with Crippen molar-refractivity contribution in [1.82, 2.24) is 14.7 Å². The van der Waals surface area contributed by atoms with Crippen LogP contribution in [0.15, 0.2) is 41.3 Å². The van der Waals surface area contributed by atoms with Gasteiger partial charge in [-0.15, -0.1) is 0 Å². The second kappa shape index (κ2) is 9.30. The average Bonchev–Trinajstić information content (AvgIpc) is 3.20. The van der Waals surface area contributed by atoms with Gasteiger partial charge < -0.3 is 5.32 Å². The van der Waals surface area contributed by atoms with Gasteiger partial charge in [0, 0.05) is 31.0 Å². The number of aryl methyl sites for hydroxylation is 3. The van der Waals surface area contributed by atoms with E-state index in [0.29, 0.717) is 17.4 Å². The van der Waals surface area contributed by atoms with E-state index in [2.05, 4.69) is 15.4 Å². The van der Waals surface area contributed by atoms with Crippen molar-refractivity contribution in [2.75, 3.05) is 17.6 Å². The van der Waals surface area contributed by atoms with Gasteiger partial charge in [-0.05, 0) is 37.5 Å². The molecule has 0 spiro atoms. The van der Waals surface area contributed by atoms with Crippen molar-refractivity contribution >= 4 is 40.5 Å². The van der Waals surface area contributed by atoms with Crippen LogP contribution in [-0.4, -0.2) is 44.0 Å². The van der Waals surface area contributed by atoms with E-state index >= 15 is 0 Å². The van der Waals surface area contributed by atoms with E-state index in [1.165, 1.54) is 11.8 Å². The molecule has 0 unspecified atom stereocenters. The molecule has 0 fully saturated rings. The Labute approximate surface area is 181 Å². The molecule has 2 aromatic rings. The number of amidine groups is 1. The Morgan fingerprint density at radius 1 is 1.30 bits per heavy atom. The van der Waals surface area contributed by atoms with Gasteiger partial charge in [-0.2, -0.15) is 5.10 Å². The molecule has 7 nitrogen and oxygen atoms in total. The van der Waals surface area contributed by atoms with Gasteiger partial charge in [0.15, 0.2) is 5.17 Å². The van der Waals surface area contributed by atoms with Gasteiger partial charge in [-0.1, -0.05) is 43.3 Å². The number of amides is 2. The number of benzene rings is 1. The molecule has 1 N–H and O–H groups in total. The zero-order valence-electron chi connectivity index (χ0n) is 18.0. The number of carbonyl (C=O) groups is 2. The van der Waals surface area contributed by atoms with E-state index in [0.717, 1.165) is 22.4 Å². The summed E-state index contributed by atoms with van der Waals surface area (Å²) >= 11 is 1.28. The van der Waals surface area contributed by atoms with E-state index in [4.69, 9.17) is 0 Å². The number of anilines is 1. The van der Waals surface area contributed by atoms with Crippen LogP contribution in [0.1, 0.15) is 30.5 Å². The quantitative estimate of drug-likeness (QED) is 0.717. The zero-order chi connectivity index (χ0) is 21.8. The van der Waals surface area contributed by atoms with Crippen LogP contribution in [0.5, 0.6) is 0 Å². The number of nitrogens with zero attached hydrogens (tertiary/aromatic N) is 4. The van der Waals surface area contributed by atoms with Crippen molar-refractivity contribution in [3.8, 4) is 0 Å². The van der Waals surface area contributed by atoms with E-state index < -0.39 is 0 Å². The Kier molecular flexibility index (Phi) is 6.77. The minimum Gasteiger partial charge on any atom is -0.325 e. The molecular weight excluding hydrogens is 398 g/mol. The number of thioether (sulfide) groups is 1. The molecule has 158 valence electrons. The first kappa shape index (κ1) is 21.8. The molecule has 2 amide bonds. The summed E-state index contributed by atoms with van der Waals surface area (Å²) in [5.74, 6) is 0.177. The second-order valence-electron chi connectivity index (χ2n) is 7.84. The number of rotatable bonds is 6. The molecule has 0 saturated carbocycles. The molecule has 1 aromatic carbocycles. The highest BCUT2D eigenvalue weighted by atomic mass is 32.2. The molecule has 0 saturated heterocycles. The first-order valence-electron chi connectivity index (χ1n) is 9.83. The summed E-state index contributed by atoms with van der Waals surface area (Å²) in [6.45, 7) is 8.63. The minimum atomic E-state index is -0.148. The molecule has 1 aromatic heterocycles. The molecule has 0 atom stereocenters. The highest BCUT2D eigenvalue weighted by Crippen LogP contribution is 2.25. The van der Waals surface area contributed by atoms with Crippen LogP contribution in [0.25, 0.3) is 6.08 Å². The summed E-state index contributed by atoms with van der Waals surface area (Å²) in [6, 6.07) is 5.90. The van der Waals surface area contributed by atoms with Crippen LogP contribution in [0.4, 0.5) is 5.69 Å². The predicted octanol–water partition coefficient (Wildman–Crippen LogP) is 3.60. The molecule has 1 aliphatic rings. The summed E-state index contributed by atoms with van der Waals surface area (Å²) in [5, 5.41) is 7.62. The zero-order valence-corrected chi connectivity index (χ0v) is 18.8. The third kappa shape index (κ3) is 5.38. The van der Waals surface area contributed by atoms with Crippen LogP contribution in [0.3, 0.4) is 0 Å². The SMILES string of the molecule is Cc1ccc(NC(=O)CSC2=N/C(=C/c3cnn(C)c3)C(=O)N2CC(C)C)c(C)c1. The monoisotopic (exact) mass is 425 g/mol. The molecular formula is C22H27N5O2S. The molecule has 30 heavy (non-hydrogen) atoms. The summed E-state index contributed by atoms with van der Waals surface area (Å²) in [4.78, 5) is 31.5. The van der Waals surface area contributed by atoms with Gasteiger partial charge in [0.05, 0.1) is 11.9 Å². The largest absolute Gasteiger partial charge is 0.325 e. The van der Waals surface area contributed by atoms with Gasteiger partial charge in [-0.3, -0.25) is 19.2 Å². The van der Waals surface area contributed by atoms with Crippen LogP contribution in [0.2, 0.25) is 0 Å². The maximum atomic E-state index is 12.9. The van der Waals surface area contributed by atoms with Gasteiger partial charge in [0.25, 0.3) is 5.91 Å². The van der Waals surface area contributed by atoms with E-state index in [-0.39, 0.29) is 23.5 Å². The molecule has 0 aliphatic carbocycles. The standard InChI is InChI=1S/C22H27N5O2S/c1-14(2)11-27-21(29)19(9-17-10-23-26(5)12-17)25-22(27)30-13-20(28)24-18-7-6-15(3)8-16(18)4/h6-10,12,14H,11,13H2,1-5H3,(H,24,28)/b19-9+. The van der Waals surface area contributed by atoms with Crippen molar-refractivity contribution in [1.29, 1.82) is 0 Å². The molecule has 8 heteroatoms. The van der Waals surface area contributed by atoms with Crippen molar-refractivity contribution in [3.05, 3.63) is 53.0 Å². The first-order chi connectivity index (χ1) is 14.2. The van der Waals surface area contributed by atoms with Crippen molar-refractivity contribution in [2.24, 2.45) is 18.0 Å². The van der Waals surface area contributed by atoms with Crippen LogP contribution in [0, 0.1) is 19.8 Å². The smallest absolute Gasteiger partial charge is 0.278 e. The van der Waals surface area contributed by atoms with Gasteiger partial charge in [0.2, 0.25) is 5.91 Å². The number of aliphatic imine (C=N–C) groups is 1. The maximum absolute atomic E-state index is 12.9. The summed E-state index contributed by atoms with van der Waals surface area (Å²) in [7, 11) is 1.82. The Balaban J connectivity index is 1.72. The fraction of sp³-hybridized carbons (Fsp3) is 0.364. The lowest BCUT2D eigenvalue weighted by atomic mass is 10.1. The number of hydrogen-bond donors (Lipinski definition) is 1. The van der Waals surface area contributed by atoms with Crippen LogP contribution in [-0.2, 0) is 16.6 Å². The number of hydrogen-bond acceptors (Lipinski definition) is 5. The third-order valence-corrected chi connectivity index (χ3v) is 5.45. The van der Waals surface area contributed by atoms with Crippen LogP contribution >= 0.6 is 11.8 Å². The molecule has 0 radical (unpaired) electrons. The Bertz CT molecular complexity index is 1020. The lowest BCUT2D eigenvalue weighted by molar-refractivity contribution is -0.122. The molecule has 3 rings (SSSR count). The normalized spacial score (nSPS) is 15.3. The van der Waals surface area contributed by atoms with Crippen molar-refractivity contribution in [3.63, 3.8) is 0 Å². The topological polar surface area (TPSA) is 79.6 Å². The number of carbonyl (C=O) groups excluding carboxylic acids is 2. The predicted molar refractivity (Wildman–Crippen MR) is 122 cm³/mol. The maximum Gasteiger partial charge on any atom is 0.278 e. The second-order valence-corrected chi connectivity index (χ2v) is 8.78. The molecule has 1 aliphatic heterocycles. The lowest BCUT2D eigenvalue weighted by Gasteiger charge is -2.19. The average molecular weight is 426 g/mol. The van der Waals surface area contributed by atoms with E-state index in [1.807, 2.05) is 59.1 Å². The van der Waals surface area contributed by atoms with E-state index in [1.54, 1.807) is 21.9 Å². The minimum absolute atomic E-state index is 0.128. The number of nitrogens with one attached hydrogen (secondary N) is 1. The Hall–Kier alpha value is -2.87. The van der Waals surface area contributed by atoms with Crippen LogP contribution < -0.4 is 5.32 Å². The molecule has 0 bridgehead atoms. The Morgan fingerprint density at radius 3 is 2.70 bits per heavy atom. The van der Waals surface area contributed by atoms with Crippen molar-refractivity contribution < 1.29 is 9.59 Å². The van der Waals surface area contributed by atoms with Gasteiger partial charge in [-0.25, -0.2) is 4.99 Å². The lowest BCUT2D eigenvalue weighted by Crippen LogP contribution is -2.34. The van der Waals surface area contributed by atoms with Crippen molar-refractivity contribution in [2.45, 2.75) is 27.7 Å². The number of aromatic nitrogens is 2. The fourth-order valence-corrected chi connectivity index (χ4v) is 3.92. The highest BCUT2D eigenvalue weighted by molar-refractivity contribution is 8.14. The first-order valence-corrected chi connectivity index (χ1v) is 10.8. The third-order valence-electron chi connectivity index (χ3n) is 4.48. The van der Waals surface area contributed by atoms with Gasteiger partial charge in [0.1, 0.15) is 5.70 Å². The Morgan fingerprint density at radius 2 is 2.07 bits per heavy atom. The fourth-order valence-electron chi connectivity index (χ4n) is 3.11. The summed E-state index contributed by atoms with van der Waals surface area (Å²) in [6.07, 6.45) is 5.24. The van der Waals surface area contributed by atoms with E-state index in [9.17, 15) is 9.59 Å². The highest BCUT2D eigenvalue weighted by Gasteiger charge is 2.31. The van der Waals surface area contributed by atoms with Gasteiger partial charge >= 0.3 is 0 Å². The molecule has 2 heterocycles. The summed E-state index contributed by atoms with van der Waals surface area (Å²) in [5.41, 5.74) is 4.14. The summed E-state index contributed by atoms with van der Waals surface area (Å²) < 4.78 is 1.68.